The normalized spacial score (nSPS) is 12.1. The number of aryl methyl sites for hydroxylation is 2. The van der Waals surface area contributed by atoms with Crippen molar-refractivity contribution in [2.24, 2.45) is 0 Å². The number of nitrogen functional groups attached to an aromatic ring is 1. The van der Waals surface area contributed by atoms with E-state index in [0.29, 0.717) is 11.5 Å². The number of anilines is 1. The summed E-state index contributed by atoms with van der Waals surface area (Å²) in [6.07, 6.45) is 0. The SMILES string of the molecule is Cc1cc(C(C)NC(=O)c2cc(-c3ccc(C)o3)nc(N)n2)n[nH]1. The highest BCUT2D eigenvalue weighted by atomic mass is 16.3. The zero-order valence-electron chi connectivity index (χ0n) is 13.6. The van der Waals surface area contributed by atoms with Crippen LogP contribution >= 0.6 is 0 Å². The van der Waals surface area contributed by atoms with Crippen molar-refractivity contribution in [3.63, 3.8) is 0 Å². The van der Waals surface area contributed by atoms with Crippen LogP contribution in [0.15, 0.2) is 28.7 Å². The van der Waals surface area contributed by atoms with Crippen LogP contribution in [0.25, 0.3) is 11.5 Å². The van der Waals surface area contributed by atoms with Crippen LogP contribution in [0.1, 0.15) is 40.6 Å². The van der Waals surface area contributed by atoms with Crippen molar-refractivity contribution < 1.29 is 9.21 Å². The van der Waals surface area contributed by atoms with Crippen LogP contribution in [0.2, 0.25) is 0 Å². The third kappa shape index (κ3) is 3.27. The Labute approximate surface area is 138 Å². The largest absolute Gasteiger partial charge is 0.460 e. The Kier molecular flexibility index (Phi) is 4.03. The predicted molar refractivity (Wildman–Crippen MR) is 88.1 cm³/mol. The van der Waals surface area contributed by atoms with Crippen molar-refractivity contribution in [3.05, 3.63) is 47.1 Å². The Bertz CT molecular complexity index is 882. The molecule has 1 amide bonds. The molecule has 1 unspecified atom stereocenters. The fourth-order valence-corrected chi connectivity index (χ4v) is 2.29. The molecule has 0 radical (unpaired) electrons. The highest BCUT2D eigenvalue weighted by Crippen LogP contribution is 2.21. The number of hydrogen-bond donors (Lipinski definition) is 3. The number of aromatic nitrogens is 4. The predicted octanol–water partition coefficient (Wildman–Crippen LogP) is 2.15. The number of hydrogen-bond acceptors (Lipinski definition) is 6. The molecule has 0 bridgehead atoms. The standard InChI is InChI=1S/C16H18N6O2/c1-8-6-11(22-21-8)10(3)18-15(23)13-7-12(19-16(17)20-13)14-5-4-9(2)24-14/h4-7,10H,1-3H3,(H,18,23)(H,21,22)(H2,17,19,20). The van der Waals surface area contributed by atoms with Crippen molar-refractivity contribution in [1.82, 2.24) is 25.5 Å². The Morgan fingerprint density at radius 2 is 2.08 bits per heavy atom. The summed E-state index contributed by atoms with van der Waals surface area (Å²) in [7, 11) is 0. The molecule has 24 heavy (non-hydrogen) atoms. The van der Waals surface area contributed by atoms with Gasteiger partial charge in [-0.15, -0.1) is 0 Å². The lowest BCUT2D eigenvalue weighted by Gasteiger charge is -2.11. The maximum Gasteiger partial charge on any atom is 0.270 e. The van der Waals surface area contributed by atoms with Crippen LogP contribution in [-0.2, 0) is 0 Å². The first-order valence-electron chi connectivity index (χ1n) is 7.46. The van der Waals surface area contributed by atoms with Gasteiger partial charge in [-0.05, 0) is 45.0 Å². The van der Waals surface area contributed by atoms with Crippen LogP contribution in [-0.4, -0.2) is 26.1 Å². The molecule has 4 N–H and O–H groups in total. The summed E-state index contributed by atoms with van der Waals surface area (Å²) in [6, 6.07) is 6.74. The summed E-state index contributed by atoms with van der Waals surface area (Å²) in [4.78, 5) is 20.6. The molecule has 0 aliphatic heterocycles. The van der Waals surface area contributed by atoms with Gasteiger partial charge in [0.2, 0.25) is 5.95 Å². The number of amides is 1. The van der Waals surface area contributed by atoms with E-state index in [0.717, 1.165) is 17.1 Å². The second-order valence-electron chi connectivity index (χ2n) is 5.58. The molecule has 0 fully saturated rings. The molecule has 0 aliphatic rings. The number of aromatic amines is 1. The number of carbonyl (C=O) groups is 1. The van der Waals surface area contributed by atoms with Crippen LogP contribution in [0, 0.1) is 13.8 Å². The van der Waals surface area contributed by atoms with Crippen molar-refractivity contribution >= 4 is 11.9 Å². The maximum absolute atomic E-state index is 12.5. The van der Waals surface area contributed by atoms with E-state index in [1.165, 1.54) is 0 Å². The van der Waals surface area contributed by atoms with Gasteiger partial charge >= 0.3 is 0 Å². The van der Waals surface area contributed by atoms with Crippen LogP contribution in [0.4, 0.5) is 5.95 Å². The number of nitrogens with one attached hydrogen (secondary N) is 2. The molecule has 3 aromatic heterocycles. The molecule has 1 atom stereocenters. The number of furan rings is 1. The smallest absolute Gasteiger partial charge is 0.270 e. The van der Waals surface area contributed by atoms with E-state index in [4.69, 9.17) is 10.2 Å². The third-order valence-corrected chi connectivity index (χ3v) is 3.49. The molecule has 0 aromatic carbocycles. The minimum atomic E-state index is -0.359. The summed E-state index contributed by atoms with van der Waals surface area (Å²) in [5.41, 5.74) is 8.02. The second-order valence-corrected chi connectivity index (χ2v) is 5.58. The number of nitrogens with two attached hydrogens (primary N) is 1. The fraction of sp³-hybridized carbons (Fsp3) is 0.250. The number of rotatable bonds is 4. The summed E-state index contributed by atoms with van der Waals surface area (Å²) >= 11 is 0. The molecule has 3 aromatic rings. The summed E-state index contributed by atoms with van der Waals surface area (Å²) in [5.74, 6) is 0.930. The topological polar surface area (TPSA) is 123 Å². The molecule has 0 saturated carbocycles. The van der Waals surface area contributed by atoms with Gasteiger partial charge in [0.05, 0.1) is 11.7 Å². The van der Waals surface area contributed by atoms with E-state index < -0.39 is 0 Å². The van der Waals surface area contributed by atoms with Gasteiger partial charge in [-0.2, -0.15) is 5.10 Å². The summed E-state index contributed by atoms with van der Waals surface area (Å²) in [6.45, 7) is 5.57. The van der Waals surface area contributed by atoms with Crippen molar-refractivity contribution in [2.45, 2.75) is 26.8 Å². The van der Waals surface area contributed by atoms with Crippen molar-refractivity contribution in [1.29, 1.82) is 0 Å². The average molecular weight is 326 g/mol. The molecule has 124 valence electrons. The zero-order chi connectivity index (χ0) is 17.3. The van der Waals surface area contributed by atoms with E-state index in [2.05, 4.69) is 25.5 Å². The monoisotopic (exact) mass is 326 g/mol. The van der Waals surface area contributed by atoms with Crippen molar-refractivity contribution in [2.75, 3.05) is 5.73 Å². The molecule has 0 spiro atoms. The van der Waals surface area contributed by atoms with E-state index >= 15 is 0 Å². The van der Waals surface area contributed by atoms with E-state index in [1.807, 2.05) is 32.9 Å². The van der Waals surface area contributed by atoms with E-state index in [1.54, 1.807) is 12.1 Å². The van der Waals surface area contributed by atoms with Gasteiger partial charge in [-0.3, -0.25) is 9.89 Å². The summed E-state index contributed by atoms with van der Waals surface area (Å²) < 4.78 is 5.52. The number of H-pyrrole nitrogens is 1. The summed E-state index contributed by atoms with van der Waals surface area (Å²) in [5, 5.41) is 9.82. The van der Waals surface area contributed by atoms with Crippen LogP contribution in [0.5, 0.6) is 0 Å². The van der Waals surface area contributed by atoms with E-state index in [9.17, 15) is 4.79 Å². The highest BCUT2D eigenvalue weighted by molar-refractivity contribution is 5.93. The van der Waals surface area contributed by atoms with Gasteiger partial charge in [0.15, 0.2) is 5.76 Å². The maximum atomic E-state index is 12.5. The van der Waals surface area contributed by atoms with Crippen LogP contribution < -0.4 is 11.1 Å². The molecule has 8 nitrogen and oxygen atoms in total. The Balaban J connectivity index is 1.83. The zero-order valence-corrected chi connectivity index (χ0v) is 13.6. The van der Waals surface area contributed by atoms with Gasteiger partial charge in [-0.1, -0.05) is 0 Å². The quantitative estimate of drug-likeness (QED) is 0.675. The lowest BCUT2D eigenvalue weighted by Crippen LogP contribution is -2.28. The number of carbonyl (C=O) groups excluding carboxylic acids is 1. The molecule has 3 rings (SSSR count). The van der Waals surface area contributed by atoms with Gasteiger partial charge in [-0.25, -0.2) is 9.97 Å². The minimum absolute atomic E-state index is 0.00923. The average Bonchev–Trinajstić information content (AvgIpc) is 3.15. The molecule has 3 heterocycles. The minimum Gasteiger partial charge on any atom is -0.460 e. The third-order valence-electron chi connectivity index (χ3n) is 3.49. The van der Waals surface area contributed by atoms with Gasteiger partial charge in [0, 0.05) is 5.69 Å². The molecular formula is C16H18N6O2. The molecule has 8 heteroatoms. The van der Waals surface area contributed by atoms with Crippen LogP contribution in [0.3, 0.4) is 0 Å². The Morgan fingerprint density at radius 1 is 1.29 bits per heavy atom. The van der Waals surface area contributed by atoms with E-state index in [-0.39, 0.29) is 23.6 Å². The second kappa shape index (κ2) is 6.15. The molecule has 0 saturated heterocycles. The molecular weight excluding hydrogens is 308 g/mol. The lowest BCUT2D eigenvalue weighted by atomic mass is 10.2. The highest BCUT2D eigenvalue weighted by Gasteiger charge is 2.17. The van der Waals surface area contributed by atoms with Gasteiger partial charge in [0.1, 0.15) is 17.1 Å². The first-order valence-corrected chi connectivity index (χ1v) is 7.46. The Hall–Kier alpha value is -3.16. The van der Waals surface area contributed by atoms with Gasteiger partial charge < -0.3 is 15.5 Å². The van der Waals surface area contributed by atoms with Gasteiger partial charge in [0.25, 0.3) is 5.91 Å². The van der Waals surface area contributed by atoms with Crippen molar-refractivity contribution in [3.8, 4) is 11.5 Å². The Morgan fingerprint density at radius 3 is 2.71 bits per heavy atom. The molecule has 0 aliphatic carbocycles. The first-order chi connectivity index (χ1) is 11.4. The fourth-order valence-electron chi connectivity index (χ4n) is 2.29. The number of nitrogens with zero attached hydrogens (tertiary/aromatic N) is 3. The first kappa shape index (κ1) is 15.7. The lowest BCUT2D eigenvalue weighted by molar-refractivity contribution is 0.0934.